The van der Waals surface area contributed by atoms with Crippen LogP contribution in [0.1, 0.15) is 44.2 Å². The molecule has 2 unspecified atom stereocenters. The number of alkyl halides is 1. The second kappa shape index (κ2) is 9.00. The van der Waals surface area contributed by atoms with E-state index in [1.165, 1.54) is 28.9 Å². The van der Waals surface area contributed by atoms with Gasteiger partial charge in [0.2, 0.25) is 11.6 Å². The molecule has 0 spiro atoms. The first-order chi connectivity index (χ1) is 17.3. The number of amides is 2. The van der Waals surface area contributed by atoms with Crippen LogP contribution in [0.2, 0.25) is 0 Å². The van der Waals surface area contributed by atoms with Crippen molar-refractivity contribution in [3.8, 4) is 0 Å². The maximum absolute atomic E-state index is 16.2. The molecule has 2 aliphatic heterocycles. The van der Waals surface area contributed by atoms with Crippen molar-refractivity contribution in [2.75, 3.05) is 20.1 Å². The average molecular weight is 488 g/mol. The maximum atomic E-state index is 16.2. The summed E-state index contributed by atoms with van der Waals surface area (Å²) in [4.78, 5) is 29.8. The van der Waals surface area contributed by atoms with Gasteiger partial charge in [0.1, 0.15) is 0 Å². The quantitative estimate of drug-likeness (QED) is 0.661. The largest absolute Gasteiger partial charge is 0.359 e. The summed E-state index contributed by atoms with van der Waals surface area (Å²) in [5, 5.41) is 5.10. The molecule has 2 amide bonds. The minimum Gasteiger partial charge on any atom is -0.359 e. The van der Waals surface area contributed by atoms with Crippen LogP contribution in [0.3, 0.4) is 0 Å². The third kappa shape index (κ3) is 3.53. The van der Waals surface area contributed by atoms with E-state index in [1.54, 1.807) is 30.1 Å². The first-order valence-electron chi connectivity index (χ1n) is 12.8. The number of nitrogens with zero attached hydrogens (tertiary/aromatic N) is 2. The van der Waals surface area contributed by atoms with Crippen LogP contribution in [-0.4, -0.2) is 53.5 Å². The molecule has 2 saturated heterocycles. The average Bonchev–Trinajstić information content (AvgIpc) is 3.29. The Kier molecular flexibility index (Phi) is 6.11. The Morgan fingerprint density at radius 1 is 1.22 bits per heavy atom. The van der Waals surface area contributed by atoms with Gasteiger partial charge in [-0.15, -0.1) is 0 Å². The van der Waals surface area contributed by atoms with E-state index in [2.05, 4.69) is 60.1 Å². The fourth-order valence-corrected chi connectivity index (χ4v) is 6.63. The number of hydrogen-bond acceptors (Lipinski definition) is 3. The molecule has 5 nitrogen and oxygen atoms in total. The molecular formula is C30H34FN3O2. The number of rotatable bonds is 5. The first-order valence-corrected chi connectivity index (χ1v) is 12.8. The smallest absolute Gasteiger partial charge is 0.270 e. The van der Waals surface area contributed by atoms with Crippen molar-refractivity contribution in [1.82, 2.24) is 15.1 Å². The lowest BCUT2D eigenvalue weighted by atomic mass is 9.88. The number of nitrogens with one attached hydrogen (secondary N) is 1. The molecule has 1 N–H and O–H groups in total. The summed E-state index contributed by atoms with van der Waals surface area (Å²) in [5.74, 6) is -1.14. The molecule has 2 aromatic rings. The van der Waals surface area contributed by atoms with Crippen LogP contribution in [0.25, 0.3) is 10.8 Å². The van der Waals surface area contributed by atoms with Crippen molar-refractivity contribution in [3.05, 3.63) is 83.6 Å². The van der Waals surface area contributed by atoms with Gasteiger partial charge in [-0.3, -0.25) is 14.5 Å². The zero-order chi connectivity index (χ0) is 25.7. The molecule has 1 aliphatic carbocycles. The number of allylic oxidation sites excluding steroid dienone is 4. The second-order valence-corrected chi connectivity index (χ2v) is 10.3. The molecule has 0 aromatic heterocycles. The van der Waals surface area contributed by atoms with Gasteiger partial charge in [-0.2, -0.15) is 0 Å². The van der Waals surface area contributed by atoms with Gasteiger partial charge in [-0.25, -0.2) is 4.39 Å². The molecule has 0 saturated carbocycles. The monoisotopic (exact) mass is 487 g/mol. The number of carbonyl (C=O) groups is 2. The van der Waals surface area contributed by atoms with E-state index < -0.39 is 23.9 Å². The normalized spacial score (nSPS) is 29.0. The SMILES string of the molecule is C=CC=C1/C(=C\C)C(F)(CC(=O)NC)C(=O)N1C1CCN(C2(C)Cc3cccc4cccc2c34)CC1. The van der Waals surface area contributed by atoms with Gasteiger partial charge in [0.05, 0.1) is 12.1 Å². The van der Waals surface area contributed by atoms with E-state index in [4.69, 9.17) is 0 Å². The lowest BCUT2D eigenvalue weighted by molar-refractivity contribution is -0.141. The summed E-state index contributed by atoms with van der Waals surface area (Å²) in [5.41, 5.74) is 1.04. The molecule has 36 heavy (non-hydrogen) atoms. The van der Waals surface area contributed by atoms with Crippen LogP contribution in [0, 0.1) is 0 Å². The predicted octanol–water partition coefficient (Wildman–Crippen LogP) is 4.78. The zero-order valence-corrected chi connectivity index (χ0v) is 21.3. The van der Waals surface area contributed by atoms with Crippen molar-refractivity contribution < 1.29 is 14.0 Å². The van der Waals surface area contributed by atoms with Crippen molar-refractivity contribution in [3.63, 3.8) is 0 Å². The standard InChI is InChI=1S/C30H34FN3O2/c1-5-9-25-23(6-2)30(31,19-26(35)32-4)28(36)34(25)22-14-16-33(17-15-22)29(3)18-21-12-7-10-20-11-8-13-24(29)27(20)21/h5-13,22H,1,14-19H2,2-4H3,(H,32,35)/b23-6+,25-9?. The van der Waals surface area contributed by atoms with Gasteiger partial charge in [0.25, 0.3) is 5.91 Å². The maximum Gasteiger partial charge on any atom is 0.270 e. The topological polar surface area (TPSA) is 52.7 Å². The Morgan fingerprint density at radius 2 is 1.92 bits per heavy atom. The Bertz CT molecular complexity index is 1300. The number of likely N-dealkylation sites (tertiary alicyclic amines) is 2. The number of piperidine rings is 1. The molecule has 5 rings (SSSR count). The van der Waals surface area contributed by atoms with Crippen LogP contribution in [-0.2, 0) is 21.5 Å². The predicted molar refractivity (Wildman–Crippen MR) is 141 cm³/mol. The summed E-state index contributed by atoms with van der Waals surface area (Å²) >= 11 is 0. The van der Waals surface area contributed by atoms with Gasteiger partial charge < -0.3 is 10.2 Å². The highest BCUT2D eigenvalue weighted by Crippen LogP contribution is 2.48. The zero-order valence-electron chi connectivity index (χ0n) is 21.3. The van der Waals surface area contributed by atoms with Gasteiger partial charge >= 0.3 is 0 Å². The van der Waals surface area contributed by atoms with Crippen LogP contribution in [0.5, 0.6) is 0 Å². The van der Waals surface area contributed by atoms with Crippen molar-refractivity contribution in [2.24, 2.45) is 0 Å². The Labute approximate surface area is 212 Å². The van der Waals surface area contributed by atoms with Gasteiger partial charge in [0, 0.05) is 37.3 Å². The Morgan fingerprint density at radius 3 is 2.56 bits per heavy atom. The molecule has 2 fully saturated rings. The van der Waals surface area contributed by atoms with Crippen LogP contribution < -0.4 is 5.32 Å². The van der Waals surface area contributed by atoms with Gasteiger partial charge in [-0.05, 0) is 61.1 Å². The third-order valence-electron chi connectivity index (χ3n) is 8.40. The molecule has 0 bridgehead atoms. The van der Waals surface area contributed by atoms with Crippen molar-refractivity contribution >= 4 is 22.6 Å². The fraction of sp³-hybridized carbons (Fsp3) is 0.400. The Hall–Kier alpha value is -3.25. The number of carbonyl (C=O) groups excluding carboxylic acids is 2. The minimum absolute atomic E-state index is 0.111. The van der Waals surface area contributed by atoms with Crippen LogP contribution >= 0.6 is 0 Å². The Balaban J connectivity index is 1.40. The molecule has 188 valence electrons. The number of hydrogen-bond donors (Lipinski definition) is 1. The van der Waals surface area contributed by atoms with E-state index in [-0.39, 0.29) is 17.2 Å². The molecule has 2 atom stereocenters. The van der Waals surface area contributed by atoms with Crippen molar-refractivity contribution in [1.29, 1.82) is 0 Å². The van der Waals surface area contributed by atoms with E-state index in [1.807, 2.05) is 0 Å². The number of benzene rings is 2. The summed E-state index contributed by atoms with van der Waals surface area (Å²) in [6, 6.07) is 13.0. The second-order valence-electron chi connectivity index (χ2n) is 10.3. The highest BCUT2D eigenvalue weighted by Gasteiger charge is 2.57. The molecule has 0 radical (unpaired) electrons. The van der Waals surface area contributed by atoms with Crippen LogP contribution in [0.15, 0.2) is 72.5 Å². The summed E-state index contributed by atoms with van der Waals surface area (Å²) < 4.78 is 16.2. The van der Waals surface area contributed by atoms with Gasteiger partial charge in [-0.1, -0.05) is 55.1 Å². The van der Waals surface area contributed by atoms with Crippen molar-refractivity contribution in [2.45, 2.75) is 56.8 Å². The van der Waals surface area contributed by atoms with E-state index >= 15 is 4.39 Å². The highest BCUT2D eigenvalue weighted by atomic mass is 19.1. The summed E-state index contributed by atoms with van der Waals surface area (Å²) in [6.45, 7) is 9.42. The fourth-order valence-electron chi connectivity index (χ4n) is 6.63. The lowest BCUT2D eigenvalue weighted by Gasteiger charge is -2.45. The minimum atomic E-state index is -2.37. The molecule has 2 aromatic carbocycles. The third-order valence-corrected chi connectivity index (χ3v) is 8.40. The highest BCUT2D eigenvalue weighted by molar-refractivity contribution is 6.00. The molecule has 6 heteroatoms. The molecule has 3 aliphatic rings. The van der Waals surface area contributed by atoms with Gasteiger partial charge in [0.15, 0.2) is 0 Å². The number of halogens is 1. The summed E-state index contributed by atoms with van der Waals surface area (Å²) in [7, 11) is 1.46. The van der Waals surface area contributed by atoms with Crippen LogP contribution in [0.4, 0.5) is 4.39 Å². The lowest BCUT2D eigenvalue weighted by Crippen LogP contribution is -2.53. The molecular weight excluding hydrogens is 453 g/mol. The molecule has 2 heterocycles. The summed E-state index contributed by atoms with van der Waals surface area (Å²) in [6.07, 6.45) is 6.79. The van der Waals surface area contributed by atoms with E-state index in [0.29, 0.717) is 5.70 Å². The first kappa shape index (κ1) is 24.4. The van der Waals surface area contributed by atoms with E-state index in [9.17, 15) is 9.59 Å². The van der Waals surface area contributed by atoms with E-state index in [0.717, 1.165) is 32.4 Å².